The zero-order valence-electron chi connectivity index (χ0n) is 12.8. The van der Waals surface area contributed by atoms with Crippen LogP contribution in [0.5, 0.6) is 0 Å². The van der Waals surface area contributed by atoms with Gasteiger partial charge in [0.05, 0.1) is 0 Å². The third-order valence-electron chi connectivity index (χ3n) is 4.35. The highest BCUT2D eigenvalue weighted by molar-refractivity contribution is 9.10. The summed E-state index contributed by atoms with van der Waals surface area (Å²) in [6.45, 7) is 5.76. The minimum Gasteiger partial charge on any atom is -0.314 e. The van der Waals surface area contributed by atoms with Gasteiger partial charge in [0, 0.05) is 17.1 Å². The normalized spacial score (nSPS) is 19.5. The molecule has 0 saturated carbocycles. The molecule has 0 spiro atoms. The Bertz CT molecular complexity index is 413. The number of piperidine rings is 1. The molecule has 1 aliphatic rings. The lowest BCUT2D eigenvalue weighted by atomic mass is 10.0. The molecule has 1 heterocycles. The average Bonchev–Trinajstić information content (AvgIpc) is 2.47. The predicted molar refractivity (Wildman–Crippen MR) is 90.3 cm³/mol. The van der Waals surface area contributed by atoms with Crippen LogP contribution in [-0.2, 0) is 6.42 Å². The van der Waals surface area contributed by atoms with E-state index in [2.05, 4.69) is 58.3 Å². The maximum Gasteiger partial charge on any atom is 0.0178 e. The molecule has 1 unspecified atom stereocenters. The molecular formula is C17H27BrN2. The van der Waals surface area contributed by atoms with Crippen molar-refractivity contribution in [3.63, 3.8) is 0 Å². The summed E-state index contributed by atoms with van der Waals surface area (Å²) in [6, 6.07) is 7.33. The SMILES string of the molecule is Cc1ccc(Br)cc1CCN(C)CCC1CCCCN1. The van der Waals surface area contributed by atoms with Crippen LogP contribution in [0.1, 0.15) is 36.8 Å². The number of likely N-dealkylation sites (N-methyl/N-ethyl adjacent to an activating group) is 1. The second-order valence-corrected chi connectivity index (χ2v) is 6.98. The van der Waals surface area contributed by atoms with Crippen molar-refractivity contribution >= 4 is 15.9 Å². The van der Waals surface area contributed by atoms with Crippen molar-refractivity contribution in [2.75, 3.05) is 26.7 Å². The molecule has 1 aromatic rings. The summed E-state index contributed by atoms with van der Waals surface area (Å²) in [5.41, 5.74) is 2.86. The summed E-state index contributed by atoms with van der Waals surface area (Å²) in [7, 11) is 2.25. The van der Waals surface area contributed by atoms with Crippen molar-refractivity contribution in [1.29, 1.82) is 0 Å². The molecule has 0 aromatic heterocycles. The van der Waals surface area contributed by atoms with E-state index >= 15 is 0 Å². The van der Waals surface area contributed by atoms with Gasteiger partial charge in [-0.25, -0.2) is 0 Å². The van der Waals surface area contributed by atoms with Crippen molar-refractivity contribution in [1.82, 2.24) is 10.2 Å². The molecule has 0 radical (unpaired) electrons. The molecule has 1 saturated heterocycles. The summed E-state index contributed by atoms with van der Waals surface area (Å²) in [6.07, 6.45) is 6.54. The van der Waals surface area contributed by atoms with Gasteiger partial charge in [-0.2, -0.15) is 0 Å². The van der Waals surface area contributed by atoms with Crippen LogP contribution in [0.25, 0.3) is 0 Å². The Labute approximate surface area is 132 Å². The van der Waals surface area contributed by atoms with Gasteiger partial charge < -0.3 is 10.2 Å². The fourth-order valence-corrected chi connectivity index (χ4v) is 3.29. The molecule has 0 bridgehead atoms. The quantitative estimate of drug-likeness (QED) is 0.849. The Morgan fingerprint density at radius 3 is 2.90 bits per heavy atom. The van der Waals surface area contributed by atoms with E-state index in [0.29, 0.717) is 0 Å². The molecule has 2 nitrogen and oxygen atoms in total. The van der Waals surface area contributed by atoms with Gasteiger partial charge in [0.2, 0.25) is 0 Å². The zero-order chi connectivity index (χ0) is 14.4. The first-order chi connectivity index (χ1) is 9.65. The van der Waals surface area contributed by atoms with E-state index in [1.54, 1.807) is 0 Å². The maximum absolute atomic E-state index is 3.63. The Morgan fingerprint density at radius 1 is 1.30 bits per heavy atom. The first-order valence-corrected chi connectivity index (χ1v) is 8.61. The van der Waals surface area contributed by atoms with Crippen LogP contribution >= 0.6 is 15.9 Å². The molecule has 0 amide bonds. The van der Waals surface area contributed by atoms with Gasteiger partial charge >= 0.3 is 0 Å². The van der Waals surface area contributed by atoms with Crippen LogP contribution in [0.2, 0.25) is 0 Å². The van der Waals surface area contributed by atoms with E-state index in [1.807, 2.05) is 0 Å². The number of hydrogen-bond acceptors (Lipinski definition) is 2. The minimum atomic E-state index is 0.749. The number of halogens is 1. The zero-order valence-corrected chi connectivity index (χ0v) is 14.4. The largest absolute Gasteiger partial charge is 0.314 e. The molecule has 1 fully saturated rings. The van der Waals surface area contributed by atoms with E-state index < -0.39 is 0 Å². The molecule has 20 heavy (non-hydrogen) atoms. The Balaban J connectivity index is 1.71. The monoisotopic (exact) mass is 338 g/mol. The standard InChI is InChI=1S/C17H27BrN2/c1-14-6-7-16(18)13-15(14)8-11-20(2)12-9-17-5-3-4-10-19-17/h6-7,13,17,19H,3-5,8-12H2,1-2H3. The topological polar surface area (TPSA) is 15.3 Å². The molecular weight excluding hydrogens is 312 g/mol. The lowest BCUT2D eigenvalue weighted by Gasteiger charge is -2.26. The lowest BCUT2D eigenvalue weighted by Crippen LogP contribution is -2.37. The molecule has 1 aromatic carbocycles. The third-order valence-corrected chi connectivity index (χ3v) is 4.84. The van der Waals surface area contributed by atoms with Gasteiger partial charge in [0.1, 0.15) is 0 Å². The smallest absolute Gasteiger partial charge is 0.0178 e. The van der Waals surface area contributed by atoms with Crippen LogP contribution in [0.4, 0.5) is 0 Å². The molecule has 1 N–H and O–H groups in total. The fourth-order valence-electron chi connectivity index (χ4n) is 2.88. The van der Waals surface area contributed by atoms with Crippen LogP contribution in [0.3, 0.4) is 0 Å². The summed E-state index contributed by atoms with van der Waals surface area (Å²) in [5.74, 6) is 0. The second kappa shape index (κ2) is 8.16. The summed E-state index contributed by atoms with van der Waals surface area (Å²) in [5, 5.41) is 3.63. The van der Waals surface area contributed by atoms with E-state index in [4.69, 9.17) is 0 Å². The first-order valence-electron chi connectivity index (χ1n) is 7.82. The van der Waals surface area contributed by atoms with E-state index in [0.717, 1.165) is 19.0 Å². The third kappa shape index (κ3) is 5.19. The van der Waals surface area contributed by atoms with Crippen LogP contribution in [-0.4, -0.2) is 37.6 Å². The molecule has 1 atom stereocenters. The molecule has 0 aliphatic carbocycles. The summed E-state index contributed by atoms with van der Waals surface area (Å²) < 4.78 is 1.19. The van der Waals surface area contributed by atoms with Crippen molar-refractivity contribution < 1.29 is 0 Å². The van der Waals surface area contributed by atoms with Crippen molar-refractivity contribution in [2.45, 2.75) is 45.1 Å². The number of benzene rings is 1. The van der Waals surface area contributed by atoms with Crippen molar-refractivity contribution in [2.24, 2.45) is 0 Å². The highest BCUT2D eigenvalue weighted by Gasteiger charge is 2.13. The summed E-state index contributed by atoms with van der Waals surface area (Å²) in [4.78, 5) is 2.47. The van der Waals surface area contributed by atoms with Crippen LogP contribution in [0, 0.1) is 6.92 Å². The first kappa shape index (κ1) is 16.0. The maximum atomic E-state index is 3.63. The van der Waals surface area contributed by atoms with Gasteiger partial charge in [0.25, 0.3) is 0 Å². The highest BCUT2D eigenvalue weighted by Crippen LogP contribution is 2.17. The summed E-state index contributed by atoms with van der Waals surface area (Å²) >= 11 is 3.56. The van der Waals surface area contributed by atoms with Gasteiger partial charge in [-0.05, 0) is 76.0 Å². The fraction of sp³-hybridized carbons (Fsp3) is 0.647. The van der Waals surface area contributed by atoms with Gasteiger partial charge in [-0.15, -0.1) is 0 Å². The van der Waals surface area contributed by atoms with E-state index in [1.165, 1.54) is 54.4 Å². The highest BCUT2D eigenvalue weighted by atomic mass is 79.9. The van der Waals surface area contributed by atoms with Crippen molar-refractivity contribution in [3.05, 3.63) is 33.8 Å². The van der Waals surface area contributed by atoms with E-state index in [9.17, 15) is 0 Å². The minimum absolute atomic E-state index is 0.749. The van der Waals surface area contributed by atoms with Crippen molar-refractivity contribution in [3.8, 4) is 0 Å². The number of nitrogens with one attached hydrogen (secondary N) is 1. The molecule has 112 valence electrons. The van der Waals surface area contributed by atoms with Gasteiger partial charge in [-0.3, -0.25) is 0 Å². The number of hydrogen-bond donors (Lipinski definition) is 1. The Morgan fingerprint density at radius 2 is 2.15 bits per heavy atom. The van der Waals surface area contributed by atoms with E-state index in [-0.39, 0.29) is 0 Å². The van der Waals surface area contributed by atoms with Crippen LogP contribution < -0.4 is 5.32 Å². The molecule has 2 rings (SSSR count). The molecule has 1 aliphatic heterocycles. The number of nitrogens with zero attached hydrogens (tertiary/aromatic N) is 1. The predicted octanol–water partition coefficient (Wildman–Crippen LogP) is 3.76. The second-order valence-electron chi connectivity index (χ2n) is 6.06. The average molecular weight is 339 g/mol. The van der Waals surface area contributed by atoms with Gasteiger partial charge in [0.15, 0.2) is 0 Å². The lowest BCUT2D eigenvalue weighted by molar-refractivity contribution is 0.290. The van der Waals surface area contributed by atoms with Gasteiger partial charge in [-0.1, -0.05) is 28.4 Å². The van der Waals surface area contributed by atoms with Crippen LogP contribution in [0.15, 0.2) is 22.7 Å². The molecule has 3 heteroatoms. The Hall–Kier alpha value is -0.380. The number of rotatable bonds is 6. The number of aryl methyl sites for hydroxylation is 1. The Kier molecular flexibility index (Phi) is 6.53.